The van der Waals surface area contributed by atoms with Gasteiger partial charge in [-0.25, -0.2) is 14.8 Å². The summed E-state index contributed by atoms with van der Waals surface area (Å²) in [6, 6.07) is -0.730. The van der Waals surface area contributed by atoms with E-state index in [1.54, 1.807) is 10.9 Å². The number of rotatable bonds is 7. The topological polar surface area (TPSA) is 81.2 Å². The lowest BCUT2D eigenvalue weighted by Gasteiger charge is -2.19. The van der Waals surface area contributed by atoms with E-state index in [1.165, 1.54) is 28.7 Å². The summed E-state index contributed by atoms with van der Waals surface area (Å²) in [5.41, 5.74) is 2.71. The van der Waals surface area contributed by atoms with E-state index >= 15 is 0 Å². The van der Waals surface area contributed by atoms with Gasteiger partial charge < -0.3 is 10.1 Å². The zero-order valence-electron chi connectivity index (χ0n) is 12.8. The quantitative estimate of drug-likeness (QED) is 0.613. The number of aromatic nitrogens is 2. The van der Waals surface area contributed by atoms with Gasteiger partial charge >= 0.3 is 5.97 Å². The van der Waals surface area contributed by atoms with Gasteiger partial charge in [-0.2, -0.15) is 0 Å². The molecule has 0 fully saturated rings. The number of carbonyl (C=O) groups excluding carboxylic acids is 2. The van der Waals surface area contributed by atoms with Gasteiger partial charge in [0, 0.05) is 10.8 Å². The molecule has 2 heterocycles. The van der Waals surface area contributed by atoms with Crippen LogP contribution in [0.3, 0.4) is 0 Å². The van der Waals surface area contributed by atoms with Crippen LogP contribution in [0, 0.1) is 5.92 Å². The molecule has 0 aliphatic carbocycles. The number of amides is 1. The van der Waals surface area contributed by atoms with Crippen molar-refractivity contribution < 1.29 is 14.3 Å². The van der Waals surface area contributed by atoms with Crippen molar-refractivity contribution in [1.82, 2.24) is 15.3 Å². The number of esters is 1. The van der Waals surface area contributed by atoms with Crippen molar-refractivity contribution >= 4 is 34.6 Å². The van der Waals surface area contributed by atoms with E-state index in [0.29, 0.717) is 5.01 Å². The number of nitrogens with one attached hydrogen (secondary N) is 1. The molecule has 0 aliphatic heterocycles. The summed E-state index contributed by atoms with van der Waals surface area (Å²) in [5.74, 6) is -0.993. The van der Waals surface area contributed by atoms with Gasteiger partial charge in [-0.3, -0.25) is 4.79 Å². The highest BCUT2D eigenvalue weighted by molar-refractivity contribution is 7.14. The first-order chi connectivity index (χ1) is 11.0. The Bertz CT molecular complexity index is 680. The molecule has 0 spiro atoms. The van der Waals surface area contributed by atoms with Crippen LogP contribution in [-0.4, -0.2) is 34.5 Å². The third-order valence-electron chi connectivity index (χ3n) is 2.94. The third kappa shape index (κ3) is 4.46. The predicted molar refractivity (Wildman–Crippen MR) is 90.5 cm³/mol. The first kappa shape index (κ1) is 17.3. The van der Waals surface area contributed by atoms with Crippen LogP contribution in [0.5, 0.6) is 0 Å². The van der Waals surface area contributed by atoms with Crippen LogP contribution in [0.25, 0.3) is 10.7 Å². The average molecular weight is 351 g/mol. The molecule has 23 heavy (non-hydrogen) atoms. The van der Waals surface area contributed by atoms with E-state index in [4.69, 9.17) is 4.74 Å². The van der Waals surface area contributed by atoms with Crippen LogP contribution < -0.4 is 5.32 Å². The molecule has 1 amide bonds. The Morgan fingerprint density at radius 1 is 1.43 bits per heavy atom. The normalized spacial score (nSPS) is 12.0. The second-order valence-corrected chi connectivity index (χ2v) is 6.60. The van der Waals surface area contributed by atoms with Gasteiger partial charge in [-0.15, -0.1) is 22.7 Å². The molecule has 6 nitrogen and oxygen atoms in total. The Morgan fingerprint density at radius 3 is 2.83 bits per heavy atom. The monoisotopic (exact) mass is 351 g/mol. The molecule has 2 aromatic heterocycles. The highest BCUT2D eigenvalue weighted by atomic mass is 32.1. The molecule has 2 aromatic rings. The zero-order chi connectivity index (χ0) is 16.8. The number of hydrogen-bond donors (Lipinski definition) is 1. The highest BCUT2D eigenvalue weighted by Crippen LogP contribution is 2.23. The largest absolute Gasteiger partial charge is 0.460 e. The summed E-state index contributed by atoms with van der Waals surface area (Å²) in [6.45, 7) is 7.28. The van der Waals surface area contributed by atoms with Crippen molar-refractivity contribution in [3.05, 3.63) is 34.6 Å². The second-order valence-electron chi connectivity index (χ2n) is 5.03. The molecule has 8 heteroatoms. The lowest BCUT2D eigenvalue weighted by molar-refractivity contribution is -0.145. The zero-order valence-corrected chi connectivity index (χ0v) is 14.4. The summed E-state index contributed by atoms with van der Waals surface area (Å²) in [5, 5.41) is 6.87. The molecular weight excluding hydrogens is 334 g/mol. The molecule has 2 rings (SSSR count). The van der Waals surface area contributed by atoms with Crippen LogP contribution in [0.2, 0.25) is 0 Å². The summed E-state index contributed by atoms with van der Waals surface area (Å²) in [6.07, 6.45) is 1.48. The fraction of sp³-hybridized carbons (Fsp3) is 0.333. The molecule has 122 valence electrons. The predicted octanol–water partition coefficient (Wildman–Crippen LogP) is 2.75. The molecule has 0 aliphatic rings. The highest BCUT2D eigenvalue weighted by Gasteiger charge is 2.26. The number of carbonyl (C=O) groups is 2. The van der Waals surface area contributed by atoms with E-state index < -0.39 is 17.9 Å². The van der Waals surface area contributed by atoms with Gasteiger partial charge in [0.25, 0.3) is 5.91 Å². The first-order valence-corrected chi connectivity index (χ1v) is 8.77. The van der Waals surface area contributed by atoms with Crippen LogP contribution in [0.4, 0.5) is 0 Å². The molecule has 1 atom stereocenters. The van der Waals surface area contributed by atoms with Gasteiger partial charge in [0.1, 0.15) is 29.0 Å². The van der Waals surface area contributed by atoms with Gasteiger partial charge in [-0.05, 0) is 5.92 Å². The number of thiazole rings is 2. The minimum atomic E-state index is -0.730. The summed E-state index contributed by atoms with van der Waals surface area (Å²) >= 11 is 2.80. The Hall–Kier alpha value is -2.06. The smallest absolute Gasteiger partial charge is 0.329 e. The van der Waals surface area contributed by atoms with E-state index in [2.05, 4.69) is 21.9 Å². The third-order valence-corrected chi connectivity index (χ3v) is 4.39. The standard InChI is InChI=1S/C15H17N3O3S2/c1-4-5-21-15(20)12(9(2)3)18-13(19)10-7-23-14(17-10)11-6-22-8-16-11/h4,6-9,12H,1,5H2,2-3H3,(H,18,19)/t12-/m0/s1. The van der Waals surface area contributed by atoms with Crippen LogP contribution in [-0.2, 0) is 9.53 Å². The van der Waals surface area contributed by atoms with Crippen LogP contribution >= 0.6 is 22.7 Å². The Kier molecular flexibility index (Phi) is 6.00. The minimum Gasteiger partial charge on any atom is -0.460 e. The number of ether oxygens (including phenoxy) is 1. The molecule has 1 N–H and O–H groups in total. The van der Waals surface area contributed by atoms with Crippen molar-refractivity contribution in [3.8, 4) is 10.7 Å². The molecular formula is C15H17N3O3S2. The Morgan fingerprint density at radius 2 is 2.22 bits per heavy atom. The lowest BCUT2D eigenvalue weighted by Crippen LogP contribution is -2.45. The fourth-order valence-corrected chi connectivity index (χ4v) is 3.14. The number of nitrogens with zero attached hydrogens (tertiary/aromatic N) is 2. The van der Waals surface area contributed by atoms with Crippen LogP contribution in [0.15, 0.2) is 28.9 Å². The average Bonchev–Trinajstić information content (AvgIpc) is 3.19. The SMILES string of the molecule is C=CCOC(=O)[C@@H](NC(=O)c1csc(-c2cscn2)n1)C(C)C. The summed E-state index contributed by atoms with van der Waals surface area (Å²) in [7, 11) is 0. The lowest BCUT2D eigenvalue weighted by atomic mass is 10.0. The summed E-state index contributed by atoms with van der Waals surface area (Å²) in [4.78, 5) is 32.7. The minimum absolute atomic E-state index is 0.104. The number of hydrogen-bond acceptors (Lipinski definition) is 7. The van der Waals surface area contributed by atoms with Crippen molar-refractivity contribution in [1.29, 1.82) is 0 Å². The summed E-state index contributed by atoms with van der Waals surface area (Å²) < 4.78 is 5.02. The van der Waals surface area contributed by atoms with E-state index in [0.717, 1.165) is 5.69 Å². The fourth-order valence-electron chi connectivity index (χ4n) is 1.76. The van der Waals surface area contributed by atoms with Gasteiger partial charge in [-0.1, -0.05) is 26.5 Å². The van der Waals surface area contributed by atoms with Crippen molar-refractivity contribution in [2.75, 3.05) is 6.61 Å². The second kappa shape index (κ2) is 7.98. The Labute approximate surface area is 142 Å². The Balaban J connectivity index is 2.07. The maximum atomic E-state index is 12.3. The van der Waals surface area contributed by atoms with Gasteiger partial charge in [0.15, 0.2) is 0 Å². The molecule has 0 aromatic carbocycles. The molecule has 0 radical (unpaired) electrons. The van der Waals surface area contributed by atoms with Gasteiger partial charge in [0.05, 0.1) is 5.51 Å². The van der Waals surface area contributed by atoms with Crippen molar-refractivity contribution in [2.45, 2.75) is 19.9 Å². The van der Waals surface area contributed by atoms with Crippen molar-refractivity contribution in [2.24, 2.45) is 5.92 Å². The van der Waals surface area contributed by atoms with E-state index in [1.807, 2.05) is 19.2 Å². The van der Waals surface area contributed by atoms with E-state index in [-0.39, 0.29) is 18.2 Å². The van der Waals surface area contributed by atoms with Crippen LogP contribution in [0.1, 0.15) is 24.3 Å². The van der Waals surface area contributed by atoms with E-state index in [9.17, 15) is 9.59 Å². The molecule has 0 unspecified atom stereocenters. The maximum absolute atomic E-state index is 12.3. The molecule has 0 saturated heterocycles. The first-order valence-electron chi connectivity index (χ1n) is 6.95. The molecule has 0 saturated carbocycles. The molecule has 0 bridgehead atoms. The van der Waals surface area contributed by atoms with Gasteiger partial charge in [0.2, 0.25) is 0 Å². The van der Waals surface area contributed by atoms with Crippen molar-refractivity contribution in [3.63, 3.8) is 0 Å². The maximum Gasteiger partial charge on any atom is 0.329 e.